The van der Waals surface area contributed by atoms with Gasteiger partial charge in [0.05, 0.1) is 11.2 Å². The number of hydrogen-bond donors (Lipinski definition) is 3. The average molecular weight is 401 g/mol. The number of unbranched alkanes of at least 4 members (excludes halogenated alkanes) is 11. The molecule has 0 aromatic carbocycles. The van der Waals surface area contributed by atoms with Crippen LogP contribution >= 0.6 is 0 Å². The van der Waals surface area contributed by atoms with Crippen molar-refractivity contribution in [3.63, 3.8) is 0 Å². The first-order chi connectivity index (χ1) is 13.0. The molecule has 0 radical (unpaired) electrons. The first kappa shape index (κ1) is 29.3. The molecule has 0 bridgehead atoms. The first-order valence-corrected chi connectivity index (χ1v) is 11.3. The van der Waals surface area contributed by atoms with Gasteiger partial charge >= 0.3 is 5.97 Å². The van der Waals surface area contributed by atoms with E-state index in [-0.39, 0.29) is 0 Å². The Bertz CT molecular complexity index is 363. The lowest BCUT2D eigenvalue weighted by Gasteiger charge is -2.31. The van der Waals surface area contributed by atoms with Gasteiger partial charge < -0.3 is 15.3 Å². The number of allylic oxidation sites excluding steroid dienone is 2. The minimum absolute atomic E-state index is 0.332. The third kappa shape index (κ3) is 23.2. The van der Waals surface area contributed by atoms with Gasteiger partial charge in [0.2, 0.25) is 0 Å². The standard InChI is InChI=1S/C18H34O2.C6H14O2/c1-2-3-4-5-6-7-8-9-10-11-12-13-14-15-16-17-18(19)20;1-5(2,7)6(3,4)8/h9-10H,2-8,11-17H2,1H3,(H,19,20);7-8H,1-4H3. The molecule has 0 unspecified atom stereocenters. The first-order valence-electron chi connectivity index (χ1n) is 11.3. The van der Waals surface area contributed by atoms with Crippen LogP contribution in [-0.2, 0) is 4.79 Å². The summed E-state index contributed by atoms with van der Waals surface area (Å²) in [5.41, 5.74) is -2.01. The third-order valence-electron chi connectivity index (χ3n) is 5.15. The molecule has 0 aromatic rings. The molecule has 0 aromatic heterocycles. The van der Waals surface area contributed by atoms with Crippen LogP contribution in [0.4, 0.5) is 0 Å². The Morgan fingerprint density at radius 3 is 1.39 bits per heavy atom. The molecule has 4 nitrogen and oxygen atoms in total. The van der Waals surface area contributed by atoms with E-state index in [2.05, 4.69) is 19.1 Å². The van der Waals surface area contributed by atoms with E-state index in [1.54, 1.807) is 27.7 Å². The topological polar surface area (TPSA) is 77.8 Å². The van der Waals surface area contributed by atoms with Gasteiger partial charge in [-0.3, -0.25) is 4.79 Å². The van der Waals surface area contributed by atoms with Crippen LogP contribution in [0.1, 0.15) is 125 Å². The van der Waals surface area contributed by atoms with Crippen molar-refractivity contribution in [1.29, 1.82) is 0 Å². The van der Waals surface area contributed by atoms with E-state index in [0.717, 1.165) is 12.8 Å². The van der Waals surface area contributed by atoms with Gasteiger partial charge in [-0.25, -0.2) is 0 Å². The van der Waals surface area contributed by atoms with E-state index < -0.39 is 17.2 Å². The maximum atomic E-state index is 10.3. The number of hydrogen-bond acceptors (Lipinski definition) is 3. The molecule has 0 aliphatic heterocycles. The molecule has 4 heteroatoms. The Kier molecular flexibility index (Phi) is 19.0. The van der Waals surface area contributed by atoms with Crippen LogP contribution < -0.4 is 0 Å². The number of carboxylic acids is 1. The lowest BCUT2D eigenvalue weighted by atomic mass is 9.90. The van der Waals surface area contributed by atoms with E-state index in [9.17, 15) is 4.79 Å². The molecule has 0 saturated heterocycles. The maximum Gasteiger partial charge on any atom is 0.303 e. The molecule has 0 rings (SSSR count). The van der Waals surface area contributed by atoms with Crippen molar-refractivity contribution < 1.29 is 20.1 Å². The van der Waals surface area contributed by atoms with Crippen LogP contribution in [0.5, 0.6) is 0 Å². The lowest BCUT2D eigenvalue weighted by Crippen LogP contribution is -2.44. The average Bonchev–Trinajstić information content (AvgIpc) is 2.57. The molecular formula is C24H48O4. The highest BCUT2D eigenvalue weighted by atomic mass is 16.4. The lowest BCUT2D eigenvalue weighted by molar-refractivity contribution is -0.137. The number of carbonyl (C=O) groups is 1. The SMILES string of the molecule is CC(C)(O)C(C)(C)O.CCCCCCCCC=CCCCCCCCC(=O)O. The molecule has 0 fully saturated rings. The molecule has 0 aliphatic rings. The quantitative estimate of drug-likeness (QED) is 0.200. The second-order valence-electron chi connectivity index (χ2n) is 8.85. The van der Waals surface area contributed by atoms with Gasteiger partial charge in [-0.2, -0.15) is 0 Å². The molecule has 0 heterocycles. The van der Waals surface area contributed by atoms with Crippen molar-refractivity contribution in [3.8, 4) is 0 Å². The number of rotatable bonds is 16. The van der Waals surface area contributed by atoms with E-state index in [4.69, 9.17) is 15.3 Å². The monoisotopic (exact) mass is 400 g/mol. The van der Waals surface area contributed by atoms with Crippen LogP contribution in [-0.4, -0.2) is 32.5 Å². The van der Waals surface area contributed by atoms with Crippen LogP contribution in [0.2, 0.25) is 0 Å². The van der Waals surface area contributed by atoms with Crippen LogP contribution in [0.3, 0.4) is 0 Å². The summed E-state index contributed by atoms with van der Waals surface area (Å²) in [5.74, 6) is -0.664. The predicted octanol–water partition coefficient (Wildman–Crippen LogP) is 6.64. The second-order valence-corrected chi connectivity index (χ2v) is 8.85. The molecule has 0 spiro atoms. The van der Waals surface area contributed by atoms with Crippen LogP contribution in [0.15, 0.2) is 12.2 Å². The summed E-state index contributed by atoms with van der Waals surface area (Å²) in [6, 6.07) is 0. The van der Waals surface area contributed by atoms with E-state index in [0.29, 0.717) is 6.42 Å². The zero-order valence-corrected chi connectivity index (χ0v) is 19.3. The molecule has 0 amide bonds. The van der Waals surface area contributed by atoms with Crippen LogP contribution in [0, 0.1) is 0 Å². The maximum absolute atomic E-state index is 10.3. The molecule has 168 valence electrons. The largest absolute Gasteiger partial charge is 0.481 e. The van der Waals surface area contributed by atoms with Crippen molar-refractivity contribution in [2.24, 2.45) is 0 Å². The third-order valence-corrected chi connectivity index (χ3v) is 5.15. The van der Waals surface area contributed by atoms with Gasteiger partial charge in [0.1, 0.15) is 0 Å². The van der Waals surface area contributed by atoms with Gasteiger partial charge in [0.25, 0.3) is 0 Å². The normalized spacial score (nSPS) is 12.1. The van der Waals surface area contributed by atoms with E-state index in [1.807, 2.05) is 0 Å². The highest BCUT2D eigenvalue weighted by Gasteiger charge is 2.31. The Morgan fingerprint density at radius 1 is 0.679 bits per heavy atom. The Hall–Kier alpha value is -0.870. The van der Waals surface area contributed by atoms with Crippen molar-refractivity contribution in [1.82, 2.24) is 0 Å². The Morgan fingerprint density at radius 2 is 1.04 bits per heavy atom. The van der Waals surface area contributed by atoms with Crippen molar-refractivity contribution in [2.45, 2.75) is 136 Å². The van der Waals surface area contributed by atoms with Gasteiger partial charge in [0, 0.05) is 6.42 Å². The molecule has 3 N–H and O–H groups in total. The zero-order chi connectivity index (χ0) is 21.9. The summed E-state index contributed by atoms with van der Waals surface area (Å²) in [5, 5.41) is 26.7. The van der Waals surface area contributed by atoms with Crippen LogP contribution in [0.25, 0.3) is 0 Å². The van der Waals surface area contributed by atoms with Crippen molar-refractivity contribution >= 4 is 5.97 Å². The molecule has 28 heavy (non-hydrogen) atoms. The fourth-order valence-corrected chi connectivity index (χ4v) is 2.35. The Labute approximate surface area is 174 Å². The molecule has 0 atom stereocenters. The van der Waals surface area contributed by atoms with Gasteiger partial charge in [-0.15, -0.1) is 0 Å². The van der Waals surface area contributed by atoms with E-state index >= 15 is 0 Å². The van der Waals surface area contributed by atoms with Crippen molar-refractivity contribution in [2.75, 3.05) is 0 Å². The summed E-state index contributed by atoms with van der Waals surface area (Å²) in [6.07, 6.45) is 21.2. The number of aliphatic carboxylic acids is 1. The van der Waals surface area contributed by atoms with Gasteiger partial charge in [-0.1, -0.05) is 70.4 Å². The van der Waals surface area contributed by atoms with Gasteiger partial charge in [0.15, 0.2) is 0 Å². The molecule has 0 saturated carbocycles. The van der Waals surface area contributed by atoms with Gasteiger partial charge in [-0.05, 0) is 59.8 Å². The minimum atomic E-state index is -1.01. The predicted molar refractivity (Wildman–Crippen MR) is 120 cm³/mol. The summed E-state index contributed by atoms with van der Waals surface area (Å²) >= 11 is 0. The van der Waals surface area contributed by atoms with Crippen molar-refractivity contribution in [3.05, 3.63) is 12.2 Å². The summed E-state index contributed by atoms with van der Waals surface area (Å²) in [6.45, 7) is 8.56. The fraction of sp³-hybridized carbons (Fsp3) is 0.875. The smallest absolute Gasteiger partial charge is 0.303 e. The van der Waals surface area contributed by atoms with E-state index in [1.165, 1.54) is 70.6 Å². The molecular weight excluding hydrogens is 352 g/mol. The Balaban J connectivity index is 0. The highest BCUT2D eigenvalue weighted by Crippen LogP contribution is 2.19. The number of carboxylic acid groups (broad SMARTS) is 1. The summed E-state index contributed by atoms with van der Waals surface area (Å²) in [4.78, 5) is 10.3. The molecule has 0 aliphatic carbocycles. The second kappa shape index (κ2) is 18.2. The highest BCUT2D eigenvalue weighted by molar-refractivity contribution is 5.66. The summed E-state index contributed by atoms with van der Waals surface area (Å²) in [7, 11) is 0. The minimum Gasteiger partial charge on any atom is -0.481 e. The summed E-state index contributed by atoms with van der Waals surface area (Å²) < 4.78 is 0. The number of aliphatic hydroxyl groups is 2. The fourth-order valence-electron chi connectivity index (χ4n) is 2.35. The zero-order valence-electron chi connectivity index (χ0n) is 19.3.